The van der Waals surface area contributed by atoms with Crippen LogP contribution in [0.4, 0.5) is 11.4 Å². The average molecular weight is 348 g/mol. The van der Waals surface area contributed by atoms with Gasteiger partial charge in [-0.2, -0.15) is 0 Å². The van der Waals surface area contributed by atoms with Gasteiger partial charge in [0, 0.05) is 17.2 Å². The lowest BCUT2D eigenvalue weighted by Crippen LogP contribution is -2.24. The first-order chi connectivity index (χ1) is 11.9. The van der Waals surface area contributed by atoms with Gasteiger partial charge >= 0.3 is 5.69 Å². The van der Waals surface area contributed by atoms with Gasteiger partial charge in [0.25, 0.3) is 0 Å². The molecule has 1 fully saturated rings. The number of rotatable bonds is 10. The van der Waals surface area contributed by atoms with Gasteiger partial charge in [-0.3, -0.25) is 14.9 Å². The zero-order valence-electron chi connectivity index (χ0n) is 15.3. The highest BCUT2D eigenvalue weighted by molar-refractivity contribution is 5.97. The summed E-state index contributed by atoms with van der Waals surface area (Å²) in [6, 6.07) is 4.63. The van der Waals surface area contributed by atoms with E-state index in [4.69, 9.17) is 4.74 Å². The first kappa shape index (κ1) is 19.2. The molecule has 1 aromatic rings. The quantitative estimate of drug-likeness (QED) is 0.480. The Morgan fingerprint density at radius 3 is 2.68 bits per heavy atom. The Bertz CT molecular complexity index is 624. The van der Waals surface area contributed by atoms with Crippen molar-refractivity contribution in [3.05, 3.63) is 28.3 Å². The Balaban J connectivity index is 2.05. The number of nitrogens with one attached hydrogen (secondary N) is 1. The SMILES string of the molecule is CCCCC1(C(=O)Nc2ccc(OCCC(C)C)c([N+](=O)[O-])c2)CC1. The molecule has 1 amide bonds. The van der Waals surface area contributed by atoms with Crippen LogP contribution in [0, 0.1) is 21.4 Å². The molecule has 0 bridgehead atoms. The van der Waals surface area contributed by atoms with Crippen LogP contribution < -0.4 is 10.1 Å². The summed E-state index contributed by atoms with van der Waals surface area (Å²) in [5, 5.41) is 14.2. The summed E-state index contributed by atoms with van der Waals surface area (Å²) in [7, 11) is 0. The van der Waals surface area contributed by atoms with Crippen LogP contribution in [0.15, 0.2) is 18.2 Å². The van der Waals surface area contributed by atoms with Crippen LogP contribution in [0.3, 0.4) is 0 Å². The molecular formula is C19H28N2O4. The molecule has 0 spiro atoms. The number of carbonyl (C=O) groups excluding carboxylic acids is 1. The number of hydrogen-bond donors (Lipinski definition) is 1. The number of nitro benzene ring substituents is 1. The van der Waals surface area contributed by atoms with Gasteiger partial charge in [0.1, 0.15) is 0 Å². The summed E-state index contributed by atoms with van der Waals surface area (Å²) < 4.78 is 5.55. The van der Waals surface area contributed by atoms with Crippen molar-refractivity contribution >= 4 is 17.3 Å². The number of benzene rings is 1. The fourth-order valence-electron chi connectivity index (χ4n) is 2.78. The Morgan fingerprint density at radius 2 is 2.12 bits per heavy atom. The van der Waals surface area contributed by atoms with Crippen LogP contribution in [0.25, 0.3) is 0 Å². The van der Waals surface area contributed by atoms with E-state index < -0.39 is 4.92 Å². The predicted octanol–water partition coefficient (Wildman–Crippen LogP) is 4.93. The van der Waals surface area contributed by atoms with E-state index in [9.17, 15) is 14.9 Å². The summed E-state index contributed by atoms with van der Waals surface area (Å²) in [4.78, 5) is 23.4. The topological polar surface area (TPSA) is 81.5 Å². The van der Waals surface area contributed by atoms with Crippen LogP contribution in [0.1, 0.15) is 59.3 Å². The van der Waals surface area contributed by atoms with Crippen LogP contribution in [0.5, 0.6) is 5.75 Å². The molecule has 0 heterocycles. The summed E-state index contributed by atoms with van der Waals surface area (Å²) in [5.41, 5.74) is 0.0765. The highest BCUT2D eigenvalue weighted by atomic mass is 16.6. The van der Waals surface area contributed by atoms with Gasteiger partial charge in [-0.1, -0.05) is 33.6 Å². The van der Waals surface area contributed by atoms with Crippen molar-refractivity contribution in [1.29, 1.82) is 0 Å². The van der Waals surface area contributed by atoms with Crippen LogP contribution in [0.2, 0.25) is 0 Å². The largest absolute Gasteiger partial charge is 0.487 e. The molecule has 0 radical (unpaired) electrons. The fourth-order valence-corrected chi connectivity index (χ4v) is 2.78. The van der Waals surface area contributed by atoms with Crippen molar-refractivity contribution in [3.63, 3.8) is 0 Å². The van der Waals surface area contributed by atoms with Crippen LogP contribution in [-0.4, -0.2) is 17.4 Å². The van der Waals surface area contributed by atoms with Gasteiger partial charge in [-0.25, -0.2) is 0 Å². The maximum atomic E-state index is 12.5. The second-order valence-electron chi connectivity index (χ2n) is 7.31. The minimum Gasteiger partial charge on any atom is -0.487 e. The van der Waals surface area contributed by atoms with Gasteiger partial charge in [0.05, 0.1) is 11.5 Å². The molecule has 0 aromatic heterocycles. The highest BCUT2D eigenvalue weighted by Crippen LogP contribution is 2.50. The van der Waals surface area contributed by atoms with E-state index in [1.54, 1.807) is 12.1 Å². The van der Waals surface area contributed by atoms with Gasteiger partial charge in [0.2, 0.25) is 5.91 Å². The highest BCUT2D eigenvalue weighted by Gasteiger charge is 2.48. The Hall–Kier alpha value is -2.11. The third kappa shape index (κ3) is 5.18. The average Bonchev–Trinajstić information content (AvgIpc) is 3.34. The number of nitrogens with zero attached hydrogens (tertiary/aromatic N) is 1. The number of amides is 1. The molecular weight excluding hydrogens is 320 g/mol. The zero-order valence-corrected chi connectivity index (χ0v) is 15.3. The third-order valence-electron chi connectivity index (χ3n) is 4.71. The zero-order chi connectivity index (χ0) is 18.4. The molecule has 0 unspecified atom stereocenters. The number of ether oxygens (including phenoxy) is 1. The van der Waals surface area contributed by atoms with Crippen molar-refractivity contribution in [2.45, 2.75) is 59.3 Å². The standard InChI is InChI=1S/C19H28N2O4/c1-4-5-9-19(10-11-19)18(22)20-15-6-7-17(16(13-15)21(23)24)25-12-8-14(2)3/h6-7,13-14H,4-5,8-12H2,1-3H3,(H,20,22). The molecule has 25 heavy (non-hydrogen) atoms. The lowest BCUT2D eigenvalue weighted by atomic mass is 9.98. The molecule has 0 atom stereocenters. The van der Waals surface area contributed by atoms with Crippen LogP contribution >= 0.6 is 0 Å². The predicted molar refractivity (Wildman–Crippen MR) is 97.9 cm³/mol. The van der Waals surface area contributed by atoms with E-state index in [1.807, 2.05) is 0 Å². The minimum absolute atomic E-state index is 0.0243. The Morgan fingerprint density at radius 1 is 1.40 bits per heavy atom. The maximum absolute atomic E-state index is 12.5. The molecule has 6 heteroatoms. The van der Waals surface area contributed by atoms with Gasteiger partial charge in [-0.05, 0) is 43.7 Å². The van der Waals surface area contributed by atoms with E-state index in [2.05, 4.69) is 26.1 Å². The third-order valence-corrected chi connectivity index (χ3v) is 4.71. The molecule has 1 saturated carbocycles. The molecule has 2 rings (SSSR count). The van der Waals surface area contributed by atoms with E-state index >= 15 is 0 Å². The lowest BCUT2D eigenvalue weighted by molar-refractivity contribution is -0.385. The lowest BCUT2D eigenvalue weighted by Gasteiger charge is -2.15. The van der Waals surface area contributed by atoms with Gasteiger partial charge < -0.3 is 10.1 Å². The number of nitro groups is 1. The Labute approximate surface area is 149 Å². The second kappa shape index (κ2) is 8.32. The van der Waals surface area contributed by atoms with Crippen molar-refractivity contribution in [3.8, 4) is 5.75 Å². The molecule has 1 aromatic carbocycles. The first-order valence-electron chi connectivity index (χ1n) is 9.10. The van der Waals surface area contributed by atoms with Gasteiger partial charge in [0.15, 0.2) is 5.75 Å². The van der Waals surface area contributed by atoms with Crippen molar-refractivity contribution < 1.29 is 14.5 Å². The van der Waals surface area contributed by atoms with Gasteiger partial charge in [-0.15, -0.1) is 0 Å². The van der Waals surface area contributed by atoms with E-state index in [-0.39, 0.29) is 22.8 Å². The van der Waals surface area contributed by atoms with E-state index in [1.165, 1.54) is 6.07 Å². The summed E-state index contributed by atoms with van der Waals surface area (Å²) in [6.45, 7) is 6.69. The van der Waals surface area contributed by atoms with Crippen LogP contribution in [-0.2, 0) is 4.79 Å². The second-order valence-corrected chi connectivity index (χ2v) is 7.31. The number of carbonyl (C=O) groups is 1. The van der Waals surface area contributed by atoms with Crippen molar-refractivity contribution in [1.82, 2.24) is 0 Å². The molecule has 1 aliphatic rings. The van der Waals surface area contributed by atoms with E-state index in [0.717, 1.165) is 38.5 Å². The smallest absolute Gasteiger partial charge is 0.312 e. The van der Waals surface area contributed by atoms with Crippen molar-refractivity contribution in [2.24, 2.45) is 11.3 Å². The molecule has 1 N–H and O–H groups in total. The monoisotopic (exact) mass is 348 g/mol. The molecule has 6 nitrogen and oxygen atoms in total. The number of anilines is 1. The molecule has 0 saturated heterocycles. The first-order valence-corrected chi connectivity index (χ1v) is 9.10. The number of hydrogen-bond acceptors (Lipinski definition) is 4. The molecule has 138 valence electrons. The summed E-state index contributed by atoms with van der Waals surface area (Å²) >= 11 is 0. The molecule has 1 aliphatic carbocycles. The fraction of sp³-hybridized carbons (Fsp3) is 0.632. The molecule has 0 aliphatic heterocycles. The van der Waals surface area contributed by atoms with E-state index in [0.29, 0.717) is 18.2 Å². The minimum atomic E-state index is -0.468. The number of unbranched alkanes of at least 4 members (excludes halogenated alkanes) is 1. The summed E-state index contributed by atoms with van der Waals surface area (Å²) in [5.74, 6) is 0.690. The van der Waals surface area contributed by atoms with Crippen molar-refractivity contribution in [2.75, 3.05) is 11.9 Å². The Kier molecular flexibility index (Phi) is 6.39. The maximum Gasteiger partial charge on any atom is 0.312 e. The summed E-state index contributed by atoms with van der Waals surface area (Å²) in [6.07, 6.45) is 5.59. The normalized spacial score (nSPS) is 15.0.